The molecule has 0 spiro atoms. The molecule has 2 N–H and O–H groups in total. The van der Waals surface area contributed by atoms with Gasteiger partial charge in [-0.3, -0.25) is 14.9 Å². The topological polar surface area (TPSA) is 129 Å². The van der Waals surface area contributed by atoms with E-state index < -0.39 is 28.9 Å². The largest absolute Gasteiger partial charge is 0.474 e. The lowest BCUT2D eigenvalue weighted by Crippen LogP contribution is -2.63. The summed E-state index contributed by atoms with van der Waals surface area (Å²) in [6.07, 6.45) is 2.01. The van der Waals surface area contributed by atoms with Gasteiger partial charge >= 0.3 is 11.6 Å². The highest BCUT2D eigenvalue weighted by molar-refractivity contribution is 5.99. The second-order valence-electron chi connectivity index (χ2n) is 4.82. The molecule has 0 fully saturated rings. The van der Waals surface area contributed by atoms with Crippen LogP contribution < -0.4 is 4.90 Å². The van der Waals surface area contributed by atoms with E-state index in [-0.39, 0.29) is 11.4 Å². The van der Waals surface area contributed by atoms with Crippen LogP contribution in [0.4, 0.5) is 5.69 Å². The number of aliphatic carboxylic acids is 1. The number of nitrogens with one attached hydrogen (secondary N) is 1. The molecule has 1 atom stereocenters. The van der Waals surface area contributed by atoms with E-state index in [0.717, 1.165) is 6.92 Å². The first-order valence-electron chi connectivity index (χ1n) is 6.60. The van der Waals surface area contributed by atoms with Crippen molar-refractivity contribution in [2.24, 2.45) is 0 Å². The predicted octanol–water partition coefficient (Wildman–Crippen LogP) is 1.06. The molecule has 1 aromatic heterocycles. The molecule has 1 aromatic carbocycles. The Morgan fingerprint density at radius 2 is 2.04 bits per heavy atom. The number of nitrogens with zero attached hydrogens (tertiary/aromatic N) is 3. The molecule has 0 saturated carbocycles. The highest BCUT2D eigenvalue weighted by Crippen LogP contribution is 2.28. The van der Waals surface area contributed by atoms with Crippen molar-refractivity contribution >= 4 is 17.6 Å². The van der Waals surface area contributed by atoms with Gasteiger partial charge in [0, 0.05) is 18.8 Å². The van der Waals surface area contributed by atoms with Gasteiger partial charge in [0.25, 0.3) is 0 Å². The summed E-state index contributed by atoms with van der Waals surface area (Å²) in [6.45, 7) is 1.08. The van der Waals surface area contributed by atoms with E-state index in [4.69, 9.17) is 0 Å². The SMILES string of the molecule is CC(=O)N(c1ccccc1)[C@@](Cc1cnc[nH]1)(C(=O)O)[N+](=O)[O-]. The molecule has 1 amide bonds. The first-order chi connectivity index (χ1) is 10.9. The molecule has 0 aliphatic carbocycles. The van der Waals surface area contributed by atoms with E-state index in [0.29, 0.717) is 4.90 Å². The van der Waals surface area contributed by atoms with Crippen LogP contribution in [-0.4, -0.2) is 37.5 Å². The molecule has 9 nitrogen and oxygen atoms in total. The number of anilines is 1. The minimum absolute atomic E-state index is 0.124. The summed E-state index contributed by atoms with van der Waals surface area (Å²) in [5.41, 5.74) is -2.33. The van der Waals surface area contributed by atoms with Gasteiger partial charge in [0.1, 0.15) is 0 Å². The van der Waals surface area contributed by atoms with Crippen LogP contribution in [0.5, 0.6) is 0 Å². The summed E-state index contributed by atoms with van der Waals surface area (Å²) in [4.78, 5) is 41.7. The van der Waals surface area contributed by atoms with Crippen molar-refractivity contribution in [2.75, 3.05) is 4.90 Å². The second-order valence-corrected chi connectivity index (χ2v) is 4.82. The van der Waals surface area contributed by atoms with Gasteiger partial charge in [-0.2, -0.15) is 0 Å². The van der Waals surface area contributed by atoms with Gasteiger partial charge in [-0.25, -0.2) is 14.7 Å². The first kappa shape index (κ1) is 16.1. The third-order valence-corrected chi connectivity index (χ3v) is 3.34. The van der Waals surface area contributed by atoms with Crippen molar-refractivity contribution in [3.63, 3.8) is 0 Å². The maximum absolute atomic E-state index is 12.1. The lowest BCUT2D eigenvalue weighted by Gasteiger charge is -2.32. The van der Waals surface area contributed by atoms with E-state index in [1.807, 2.05) is 0 Å². The monoisotopic (exact) mass is 318 g/mol. The number of carboxylic acid groups (broad SMARTS) is 1. The summed E-state index contributed by atoms with van der Waals surface area (Å²) in [5.74, 6) is -2.49. The number of para-hydroxylation sites is 1. The predicted molar refractivity (Wildman–Crippen MR) is 79.3 cm³/mol. The molecule has 2 rings (SSSR count). The average molecular weight is 318 g/mol. The van der Waals surface area contributed by atoms with E-state index in [2.05, 4.69) is 9.97 Å². The fraction of sp³-hybridized carbons (Fsp3) is 0.214. The van der Waals surface area contributed by atoms with Gasteiger partial charge < -0.3 is 10.1 Å². The number of aromatic amines is 1. The molecule has 0 saturated heterocycles. The van der Waals surface area contributed by atoms with Crippen LogP contribution >= 0.6 is 0 Å². The van der Waals surface area contributed by atoms with Crippen LogP contribution in [0.3, 0.4) is 0 Å². The Morgan fingerprint density at radius 3 is 2.48 bits per heavy atom. The molecule has 0 aliphatic rings. The zero-order valence-corrected chi connectivity index (χ0v) is 12.2. The standard InChI is InChI=1S/C14H14N4O5/c1-10(19)17(12-5-3-2-4-6-12)14(13(20)21,18(22)23)7-11-8-15-9-16-11/h2-6,8-9H,7H2,1H3,(H,15,16)(H,20,21)/t14-/m1/s1. The number of H-pyrrole nitrogens is 1. The number of amides is 1. The number of imidazole rings is 1. The van der Waals surface area contributed by atoms with Crippen molar-refractivity contribution in [3.8, 4) is 0 Å². The molecular weight excluding hydrogens is 304 g/mol. The number of carboxylic acids is 1. The molecule has 0 bridgehead atoms. The van der Waals surface area contributed by atoms with Gasteiger partial charge in [-0.15, -0.1) is 0 Å². The number of rotatable bonds is 6. The molecule has 0 unspecified atom stereocenters. The highest BCUT2D eigenvalue weighted by atomic mass is 16.6. The minimum atomic E-state index is -2.68. The zero-order valence-electron chi connectivity index (χ0n) is 12.2. The highest BCUT2D eigenvalue weighted by Gasteiger charge is 2.59. The summed E-state index contributed by atoms with van der Waals surface area (Å²) in [5, 5.41) is 21.3. The van der Waals surface area contributed by atoms with Crippen molar-refractivity contribution < 1.29 is 19.6 Å². The Hall–Kier alpha value is -3.23. The van der Waals surface area contributed by atoms with Crippen molar-refractivity contribution in [1.82, 2.24) is 9.97 Å². The van der Waals surface area contributed by atoms with E-state index in [1.54, 1.807) is 18.2 Å². The molecule has 23 heavy (non-hydrogen) atoms. The number of benzene rings is 1. The van der Waals surface area contributed by atoms with Crippen LogP contribution in [0.15, 0.2) is 42.9 Å². The lowest BCUT2D eigenvalue weighted by molar-refractivity contribution is -0.552. The smallest absolute Gasteiger partial charge is 0.406 e. The molecule has 1 heterocycles. The molecule has 0 radical (unpaired) electrons. The molecule has 120 valence electrons. The van der Waals surface area contributed by atoms with Gasteiger partial charge in [0.2, 0.25) is 5.91 Å². The second kappa shape index (κ2) is 6.26. The Kier molecular flexibility index (Phi) is 4.39. The normalized spacial score (nSPS) is 13.1. The zero-order chi connectivity index (χ0) is 17.0. The van der Waals surface area contributed by atoms with Crippen molar-refractivity contribution in [2.45, 2.75) is 19.0 Å². The minimum Gasteiger partial charge on any atom is -0.474 e. The Morgan fingerprint density at radius 1 is 1.39 bits per heavy atom. The van der Waals surface area contributed by atoms with Gasteiger partial charge in [0.05, 0.1) is 23.4 Å². The summed E-state index contributed by atoms with van der Waals surface area (Å²) < 4.78 is 0. The van der Waals surface area contributed by atoms with Gasteiger partial charge in [-0.1, -0.05) is 18.2 Å². The third kappa shape index (κ3) is 2.89. The quantitative estimate of drug-likeness (QED) is 0.465. The third-order valence-electron chi connectivity index (χ3n) is 3.34. The van der Waals surface area contributed by atoms with E-state index in [1.165, 1.54) is 24.7 Å². The maximum atomic E-state index is 12.1. The number of hydrogen-bond donors (Lipinski definition) is 2. The molecule has 9 heteroatoms. The summed E-state index contributed by atoms with van der Waals surface area (Å²) in [6, 6.07) is 7.67. The fourth-order valence-corrected chi connectivity index (χ4v) is 2.35. The van der Waals surface area contributed by atoms with Crippen LogP contribution in [0, 0.1) is 10.1 Å². The number of carbonyl (C=O) groups is 2. The number of nitro groups is 1. The lowest BCUT2D eigenvalue weighted by atomic mass is 10.0. The number of aromatic nitrogens is 2. The van der Waals surface area contributed by atoms with Crippen LogP contribution in [0.2, 0.25) is 0 Å². The Labute approximate surface area is 130 Å². The van der Waals surface area contributed by atoms with Gasteiger partial charge in [-0.05, 0) is 12.1 Å². The molecular formula is C14H14N4O5. The average Bonchev–Trinajstić information content (AvgIpc) is 2.99. The van der Waals surface area contributed by atoms with E-state index >= 15 is 0 Å². The van der Waals surface area contributed by atoms with Crippen molar-refractivity contribution in [1.29, 1.82) is 0 Å². The maximum Gasteiger partial charge on any atom is 0.406 e. The Balaban J connectivity index is 2.64. The fourth-order valence-electron chi connectivity index (χ4n) is 2.35. The first-order valence-corrected chi connectivity index (χ1v) is 6.60. The number of hydrogen-bond acceptors (Lipinski definition) is 5. The molecule has 2 aromatic rings. The Bertz CT molecular complexity index is 700. The van der Waals surface area contributed by atoms with Crippen LogP contribution in [-0.2, 0) is 16.0 Å². The van der Waals surface area contributed by atoms with Crippen LogP contribution in [0.25, 0.3) is 0 Å². The molecule has 0 aliphatic heterocycles. The number of carbonyl (C=O) groups excluding carboxylic acids is 1. The van der Waals surface area contributed by atoms with Crippen molar-refractivity contribution in [3.05, 3.63) is 58.7 Å². The summed E-state index contributed by atoms with van der Waals surface area (Å²) in [7, 11) is 0. The summed E-state index contributed by atoms with van der Waals surface area (Å²) >= 11 is 0. The van der Waals surface area contributed by atoms with E-state index in [9.17, 15) is 24.8 Å². The van der Waals surface area contributed by atoms with Gasteiger partial charge in [0.15, 0.2) is 0 Å². The van der Waals surface area contributed by atoms with Crippen LogP contribution in [0.1, 0.15) is 12.6 Å².